The van der Waals surface area contributed by atoms with Gasteiger partial charge in [-0.2, -0.15) is 4.98 Å². The molecule has 1 heterocycles. The van der Waals surface area contributed by atoms with Gasteiger partial charge in [-0.05, 0) is 25.0 Å². The summed E-state index contributed by atoms with van der Waals surface area (Å²) in [5, 5.41) is 13.8. The van der Waals surface area contributed by atoms with Crippen LogP contribution in [0.1, 0.15) is 32.6 Å². The molecule has 2 unspecified atom stereocenters. The van der Waals surface area contributed by atoms with Gasteiger partial charge in [0.15, 0.2) is 0 Å². The minimum atomic E-state index is -0.518. The fourth-order valence-corrected chi connectivity index (χ4v) is 2.56. The minimum absolute atomic E-state index is 0.145. The molecule has 2 aromatic rings. The van der Waals surface area contributed by atoms with E-state index in [0.717, 1.165) is 10.0 Å². The highest BCUT2D eigenvalue weighted by atomic mass is 79.9. The first-order valence-corrected chi connectivity index (χ1v) is 7.06. The lowest BCUT2D eigenvalue weighted by atomic mass is 9.91. The quantitative estimate of drug-likeness (QED) is 0.933. The molecule has 0 saturated carbocycles. The Balaban J connectivity index is 2.33. The molecule has 19 heavy (non-hydrogen) atoms. The predicted octanol–water partition coefficient (Wildman–Crippen LogP) is 3.62. The van der Waals surface area contributed by atoms with Gasteiger partial charge in [0.25, 0.3) is 0 Å². The van der Waals surface area contributed by atoms with E-state index < -0.39 is 6.10 Å². The van der Waals surface area contributed by atoms with Gasteiger partial charge in [-0.1, -0.05) is 47.1 Å². The van der Waals surface area contributed by atoms with Crippen LogP contribution in [0.25, 0.3) is 11.4 Å². The van der Waals surface area contributed by atoms with Crippen LogP contribution in [0, 0.1) is 5.92 Å². The molecule has 0 aliphatic rings. The molecular weight excluding hydrogens is 308 g/mol. The van der Waals surface area contributed by atoms with Gasteiger partial charge in [0, 0.05) is 10.0 Å². The van der Waals surface area contributed by atoms with E-state index in [2.05, 4.69) is 26.1 Å². The first-order chi connectivity index (χ1) is 8.99. The van der Waals surface area contributed by atoms with E-state index in [1.807, 2.05) is 38.1 Å². The molecule has 4 nitrogen and oxygen atoms in total. The SMILES string of the molecule is CC(C)C(c1nc(-c2cccc(Br)c2)no1)C(C)O. The van der Waals surface area contributed by atoms with Crippen LogP contribution < -0.4 is 0 Å². The number of hydrogen-bond donors (Lipinski definition) is 1. The second-order valence-corrected chi connectivity index (χ2v) is 5.89. The molecule has 1 aromatic carbocycles. The van der Waals surface area contributed by atoms with Crippen LogP contribution in [0.4, 0.5) is 0 Å². The number of aliphatic hydroxyl groups is 1. The van der Waals surface area contributed by atoms with Gasteiger partial charge < -0.3 is 9.63 Å². The van der Waals surface area contributed by atoms with Crippen LogP contribution in [0.2, 0.25) is 0 Å². The summed E-state index contributed by atoms with van der Waals surface area (Å²) >= 11 is 3.42. The maximum atomic E-state index is 9.82. The van der Waals surface area contributed by atoms with Crippen LogP contribution in [-0.2, 0) is 0 Å². The summed E-state index contributed by atoms with van der Waals surface area (Å²) < 4.78 is 6.27. The lowest BCUT2D eigenvalue weighted by Gasteiger charge is -2.19. The Labute approximate surface area is 121 Å². The molecule has 0 amide bonds. The molecule has 0 bridgehead atoms. The zero-order valence-electron chi connectivity index (χ0n) is 11.2. The third-order valence-electron chi connectivity index (χ3n) is 3.05. The third-order valence-corrected chi connectivity index (χ3v) is 3.54. The first-order valence-electron chi connectivity index (χ1n) is 6.26. The molecule has 0 aliphatic carbocycles. The minimum Gasteiger partial charge on any atom is -0.393 e. The van der Waals surface area contributed by atoms with Crippen molar-refractivity contribution in [3.63, 3.8) is 0 Å². The van der Waals surface area contributed by atoms with Gasteiger partial charge in [0.2, 0.25) is 11.7 Å². The maximum absolute atomic E-state index is 9.82. The van der Waals surface area contributed by atoms with Gasteiger partial charge in [-0.15, -0.1) is 0 Å². The van der Waals surface area contributed by atoms with Crippen molar-refractivity contribution in [1.82, 2.24) is 10.1 Å². The fraction of sp³-hybridized carbons (Fsp3) is 0.429. The second-order valence-electron chi connectivity index (χ2n) is 4.98. The normalized spacial score (nSPS) is 14.6. The van der Waals surface area contributed by atoms with Crippen molar-refractivity contribution < 1.29 is 9.63 Å². The number of aliphatic hydroxyl groups excluding tert-OH is 1. The molecule has 1 aromatic heterocycles. The molecule has 102 valence electrons. The largest absolute Gasteiger partial charge is 0.393 e. The number of nitrogens with zero attached hydrogens (tertiary/aromatic N) is 2. The molecule has 5 heteroatoms. The zero-order chi connectivity index (χ0) is 14.0. The topological polar surface area (TPSA) is 59.2 Å². The van der Waals surface area contributed by atoms with E-state index in [1.54, 1.807) is 6.92 Å². The Morgan fingerprint density at radius 3 is 2.58 bits per heavy atom. The Hall–Kier alpha value is -1.20. The van der Waals surface area contributed by atoms with E-state index in [0.29, 0.717) is 11.7 Å². The van der Waals surface area contributed by atoms with Crippen molar-refractivity contribution in [2.24, 2.45) is 5.92 Å². The molecule has 2 rings (SSSR count). The van der Waals surface area contributed by atoms with Crippen molar-refractivity contribution in [1.29, 1.82) is 0 Å². The molecule has 0 saturated heterocycles. The summed E-state index contributed by atoms with van der Waals surface area (Å²) in [6.45, 7) is 5.80. The number of rotatable bonds is 4. The highest BCUT2D eigenvalue weighted by molar-refractivity contribution is 9.10. The summed E-state index contributed by atoms with van der Waals surface area (Å²) in [5.41, 5.74) is 0.887. The van der Waals surface area contributed by atoms with E-state index in [-0.39, 0.29) is 11.8 Å². The van der Waals surface area contributed by atoms with Crippen molar-refractivity contribution in [3.8, 4) is 11.4 Å². The molecule has 0 fully saturated rings. The number of aromatic nitrogens is 2. The average molecular weight is 325 g/mol. The molecule has 2 atom stereocenters. The third kappa shape index (κ3) is 3.22. The number of halogens is 1. The Bertz CT molecular complexity index is 544. The maximum Gasteiger partial charge on any atom is 0.232 e. The summed E-state index contributed by atoms with van der Waals surface area (Å²) in [5.74, 6) is 1.12. The summed E-state index contributed by atoms with van der Waals surface area (Å²) in [6, 6.07) is 7.72. The van der Waals surface area contributed by atoms with Gasteiger partial charge in [0.05, 0.1) is 12.0 Å². The highest BCUT2D eigenvalue weighted by Gasteiger charge is 2.27. The molecule has 1 N–H and O–H groups in total. The van der Waals surface area contributed by atoms with Crippen LogP contribution in [0.5, 0.6) is 0 Å². The fourth-order valence-electron chi connectivity index (χ4n) is 2.16. The standard InChI is InChI=1S/C14H17BrN2O2/c1-8(2)12(9(3)18)14-16-13(17-19-14)10-5-4-6-11(15)7-10/h4-9,12,18H,1-3H3. The van der Waals surface area contributed by atoms with E-state index in [9.17, 15) is 5.11 Å². The molecular formula is C14H17BrN2O2. The van der Waals surface area contributed by atoms with Crippen molar-refractivity contribution in [2.75, 3.05) is 0 Å². The Morgan fingerprint density at radius 2 is 2.00 bits per heavy atom. The summed E-state index contributed by atoms with van der Waals surface area (Å²) in [7, 11) is 0. The van der Waals surface area contributed by atoms with E-state index >= 15 is 0 Å². The van der Waals surface area contributed by atoms with Gasteiger partial charge in [0.1, 0.15) is 0 Å². The van der Waals surface area contributed by atoms with Crippen molar-refractivity contribution in [2.45, 2.75) is 32.8 Å². The van der Waals surface area contributed by atoms with Crippen molar-refractivity contribution in [3.05, 3.63) is 34.6 Å². The predicted molar refractivity (Wildman–Crippen MR) is 76.7 cm³/mol. The Morgan fingerprint density at radius 1 is 1.26 bits per heavy atom. The lowest BCUT2D eigenvalue weighted by molar-refractivity contribution is 0.120. The zero-order valence-corrected chi connectivity index (χ0v) is 12.8. The highest BCUT2D eigenvalue weighted by Crippen LogP contribution is 2.29. The van der Waals surface area contributed by atoms with Crippen LogP contribution in [0.15, 0.2) is 33.3 Å². The lowest BCUT2D eigenvalue weighted by Crippen LogP contribution is -2.20. The number of hydrogen-bond acceptors (Lipinski definition) is 4. The molecule has 0 aliphatic heterocycles. The van der Waals surface area contributed by atoms with E-state index in [1.165, 1.54) is 0 Å². The van der Waals surface area contributed by atoms with Crippen LogP contribution >= 0.6 is 15.9 Å². The van der Waals surface area contributed by atoms with Gasteiger partial charge in [-0.3, -0.25) is 0 Å². The van der Waals surface area contributed by atoms with Gasteiger partial charge in [-0.25, -0.2) is 0 Å². The second kappa shape index (κ2) is 5.84. The molecule has 0 spiro atoms. The van der Waals surface area contributed by atoms with Crippen molar-refractivity contribution >= 4 is 15.9 Å². The monoisotopic (exact) mass is 324 g/mol. The summed E-state index contributed by atoms with van der Waals surface area (Å²) in [6.07, 6.45) is -0.518. The smallest absolute Gasteiger partial charge is 0.232 e. The molecule has 0 radical (unpaired) electrons. The van der Waals surface area contributed by atoms with Gasteiger partial charge >= 0.3 is 0 Å². The Kier molecular flexibility index (Phi) is 4.37. The van der Waals surface area contributed by atoms with E-state index in [4.69, 9.17) is 4.52 Å². The van der Waals surface area contributed by atoms with Crippen LogP contribution in [-0.4, -0.2) is 21.4 Å². The average Bonchev–Trinajstić information content (AvgIpc) is 2.77. The number of benzene rings is 1. The van der Waals surface area contributed by atoms with Crippen LogP contribution in [0.3, 0.4) is 0 Å². The summed E-state index contributed by atoms with van der Waals surface area (Å²) in [4.78, 5) is 4.41. The first kappa shape index (κ1) is 14.2.